The van der Waals surface area contributed by atoms with Crippen molar-refractivity contribution in [2.75, 3.05) is 11.1 Å². The smallest absolute Gasteiger partial charge is 0.250 e. The number of nitrogens with one attached hydrogen (secondary N) is 1. The third-order valence-corrected chi connectivity index (χ3v) is 4.58. The third-order valence-electron chi connectivity index (χ3n) is 2.20. The van der Waals surface area contributed by atoms with E-state index < -0.39 is 0 Å². The average molecular weight is 370 g/mol. The van der Waals surface area contributed by atoms with E-state index in [1.807, 2.05) is 31.2 Å². The second-order valence-corrected chi connectivity index (χ2v) is 7.08. The number of anilines is 1. The van der Waals surface area contributed by atoms with Crippen molar-refractivity contribution >= 4 is 56.1 Å². The fraction of sp³-hybridized carbons (Fsp3) is 0.154. The lowest BCUT2D eigenvalue weighted by molar-refractivity contribution is -0.111. The van der Waals surface area contributed by atoms with Crippen LogP contribution in [0, 0.1) is 0 Å². The molecule has 1 heterocycles. The molecule has 0 fully saturated rings. The first-order valence-electron chi connectivity index (χ1n) is 5.88. The fourth-order valence-corrected chi connectivity index (χ4v) is 3.25. The lowest BCUT2D eigenvalue weighted by Crippen LogP contribution is -2.07. The van der Waals surface area contributed by atoms with Crippen molar-refractivity contribution in [2.24, 2.45) is 0 Å². The Kier molecular flexibility index (Phi) is 5.75. The Morgan fingerprint density at radius 3 is 2.85 bits per heavy atom. The maximum Gasteiger partial charge on any atom is 0.250 e. The molecule has 104 valence electrons. The molecule has 2 aromatic rings. The molecule has 0 aliphatic heterocycles. The van der Waals surface area contributed by atoms with Crippen LogP contribution in [-0.2, 0) is 4.79 Å². The minimum atomic E-state index is -0.211. The van der Waals surface area contributed by atoms with Gasteiger partial charge in [0, 0.05) is 10.5 Å². The summed E-state index contributed by atoms with van der Waals surface area (Å²) >= 11 is 6.35. The van der Waals surface area contributed by atoms with Crippen LogP contribution in [0.25, 0.3) is 6.08 Å². The highest BCUT2D eigenvalue weighted by atomic mass is 79.9. The second kappa shape index (κ2) is 7.56. The zero-order valence-corrected chi connectivity index (χ0v) is 13.9. The first kappa shape index (κ1) is 15.2. The summed E-state index contributed by atoms with van der Waals surface area (Å²) < 4.78 is 1.87. The number of halogens is 1. The fourth-order valence-electron chi connectivity index (χ4n) is 1.33. The number of amides is 1. The number of benzene rings is 1. The third kappa shape index (κ3) is 4.73. The molecule has 0 saturated carbocycles. The highest BCUT2D eigenvalue weighted by Crippen LogP contribution is 2.24. The molecule has 20 heavy (non-hydrogen) atoms. The normalized spacial score (nSPS) is 10.9. The first-order chi connectivity index (χ1) is 9.67. The molecule has 1 amide bonds. The molecule has 1 N–H and O–H groups in total. The summed E-state index contributed by atoms with van der Waals surface area (Å²) in [7, 11) is 0. The summed E-state index contributed by atoms with van der Waals surface area (Å²) in [6, 6.07) is 7.71. The van der Waals surface area contributed by atoms with Crippen LogP contribution in [0.4, 0.5) is 5.13 Å². The molecule has 0 bridgehead atoms. The number of aromatic nitrogens is 2. The van der Waals surface area contributed by atoms with Crippen LogP contribution in [0.2, 0.25) is 0 Å². The Bertz CT molecular complexity index is 610. The van der Waals surface area contributed by atoms with Crippen molar-refractivity contribution in [3.63, 3.8) is 0 Å². The Hall–Kier alpha value is -1.18. The van der Waals surface area contributed by atoms with Gasteiger partial charge in [-0.3, -0.25) is 10.1 Å². The SMILES string of the molecule is CCSc1nnc(NC(=O)C=Cc2ccc(Br)cc2)s1. The van der Waals surface area contributed by atoms with E-state index in [1.165, 1.54) is 17.4 Å². The Labute approximate surface area is 133 Å². The molecule has 0 saturated heterocycles. The molecule has 0 spiro atoms. The van der Waals surface area contributed by atoms with Gasteiger partial charge >= 0.3 is 0 Å². The Morgan fingerprint density at radius 1 is 1.40 bits per heavy atom. The van der Waals surface area contributed by atoms with Gasteiger partial charge in [0.1, 0.15) is 0 Å². The summed E-state index contributed by atoms with van der Waals surface area (Å²) in [6.07, 6.45) is 3.24. The van der Waals surface area contributed by atoms with Gasteiger partial charge in [0.15, 0.2) is 4.34 Å². The molecule has 0 atom stereocenters. The van der Waals surface area contributed by atoms with Gasteiger partial charge in [-0.25, -0.2) is 0 Å². The maximum atomic E-state index is 11.7. The zero-order valence-electron chi connectivity index (χ0n) is 10.7. The molecule has 0 aliphatic rings. The Balaban J connectivity index is 1.92. The van der Waals surface area contributed by atoms with Crippen molar-refractivity contribution < 1.29 is 4.79 Å². The van der Waals surface area contributed by atoms with E-state index in [0.29, 0.717) is 5.13 Å². The summed E-state index contributed by atoms with van der Waals surface area (Å²) in [5, 5.41) is 11.1. The molecular weight excluding hydrogens is 358 g/mol. The molecule has 4 nitrogen and oxygen atoms in total. The van der Waals surface area contributed by atoms with Gasteiger partial charge in [-0.05, 0) is 29.5 Å². The van der Waals surface area contributed by atoms with E-state index in [0.717, 1.165) is 20.1 Å². The molecule has 0 aliphatic carbocycles. The van der Waals surface area contributed by atoms with Gasteiger partial charge in [-0.2, -0.15) is 0 Å². The monoisotopic (exact) mass is 369 g/mol. The van der Waals surface area contributed by atoms with E-state index >= 15 is 0 Å². The van der Waals surface area contributed by atoms with Gasteiger partial charge in [0.2, 0.25) is 11.0 Å². The van der Waals surface area contributed by atoms with Gasteiger partial charge < -0.3 is 0 Å². The predicted octanol–water partition coefficient (Wildman–Crippen LogP) is 4.06. The first-order valence-corrected chi connectivity index (χ1v) is 8.48. The molecule has 1 aromatic heterocycles. The molecule has 0 unspecified atom stereocenters. The number of thioether (sulfide) groups is 1. The van der Waals surface area contributed by atoms with E-state index in [-0.39, 0.29) is 5.91 Å². The van der Waals surface area contributed by atoms with E-state index in [2.05, 4.69) is 31.4 Å². The number of carbonyl (C=O) groups excluding carboxylic acids is 1. The largest absolute Gasteiger partial charge is 0.297 e. The van der Waals surface area contributed by atoms with E-state index in [1.54, 1.807) is 17.8 Å². The van der Waals surface area contributed by atoms with Gasteiger partial charge in [0.25, 0.3) is 0 Å². The molecule has 2 rings (SSSR count). The summed E-state index contributed by atoms with van der Waals surface area (Å²) in [6.45, 7) is 2.05. The number of hydrogen-bond donors (Lipinski definition) is 1. The molecular formula is C13H12BrN3OS2. The summed E-state index contributed by atoms with van der Waals surface area (Å²) in [5.41, 5.74) is 0.961. The molecule has 7 heteroatoms. The minimum absolute atomic E-state index is 0.211. The number of rotatable bonds is 5. The van der Waals surface area contributed by atoms with E-state index in [9.17, 15) is 4.79 Å². The van der Waals surface area contributed by atoms with Gasteiger partial charge in [0.05, 0.1) is 0 Å². The van der Waals surface area contributed by atoms with Crippen molar-refractivity contribution in [2.45, 2.75) is 11.3 Å². The Morgan fingerprint density at radius 2 is 2.15 bits per heavy atom. The topological polar surface area (TPSA) is 54.9 Å². The van der Waals surface area contributed by atoms with Crippen LogP contribution in [0.3, 0.4) is 0 Å². The van der Waals surface area contributed by atoms with Crippen molar-refractivity contribution in [3.05, 3.63) is 40.4 Å². The number of carbonyl (C=O) groups is 1. The van der Waals surface area contributed by atoms with Crippen LogP contribution >= 0.6 is 39.0 Å². The number of hydrogen-bond acceptors (Lipinski definition) is 5. The molecule has 0 radical (unpaired) electrons. The minimum Gasteiger partial charge on any atom is -0.297 e. The highest BCUT2D eigenvalue weighted by Gasteiger charge is 2.05. The van der Waals surface area contributed by atoms with Crippen molar-refractivity contribution in [1.82, 2.24) is 10.2 Å². The molecule has 1 aromatic carbocycles. The van der Waals surface area contributed by atoms with Crippen LogP contribution in [0.5, 0.6) is 0 Å². The quantitative estimate of drug-likeness (QED) is 0.490. The lowest BCUT2D eigenvalue weighted by Gasteiger charge is -1.95. The van der Waals surface area contributed by atoms with Crippen LogP contribution in [0.15, 0.2) is 39.2 Å². The summed E-state index contributed by atoms with van der Waals surface area (Å²) in [5.74, 6) is 0.726. The standard InChI is InChI=1S/C13H12BrN3OS2/c1-2-19-13-17-16-12(20-13)15-11(18)8-5-9-3-6-10(14)7-4-9/h3-8H,2H2,1H3,(H,15,16,18). The summed E-state index contributed by atoms with van der Waals surface area (Å²) in [4.78, 5) is 11.7. The van der Waals surface area contributed by atoms with Crippen LogP contribution < -0.4 is 5.32 Å². The van der Waals surface area contributed by atoms with Crippen LogP contribution in [-0.4, -0.2) is 21.9 Å². The second-order valence-electron chi connectivity index (χ2n) is 3.68. The number of nitrogens with zero attached hydrogens (tertiary/aromatic N) is 2. The van der Waals surface area contributed by atoms with Gasteiger partial charge in [-0.1, -0.05) is 58.1 Å². The maximum absolute atomic E-state index is 11.7. The lowest BCUT2D eigenvalue weighted by atomic mass is 10.2. The van der Waals surface area contributed by atoms with Gasteiger partial charge in [-0.15, -0.1) is 10.2 Å². The van der Waals surface area contributed by atoms with E-state index in [4.69, 9.17) is 0 Å². The highest BCUT2D eigenvalue weighted by molar-refractivity contribution is 9.10. The van der Waals surface area contributed by atoms with Crippen LogP contribution in [0.1, 0.15) is 12.5 Å². The van der Waals surface area contributed by atoms with Crippen molar-refractivity contribution in [1.29, 1.82) is 0 Å². The predicted molar refractivity (Wildman–Crippen MR) is 88.1 cm³/mol. The average Bonchev–Trinajstić information content (AvgIpc) is 2.86. The zero-order chi connectivity index (χ0) is 14.4. The van der Waals surface area contributed by atoms with Crippen molar-refractivity contribution in [3.8, 4) is 0 Å².